The second-order valence-electron chi connectivity index (χ2n) is 7.13. The number of hydrogen-bond acceptors (Lipinski definition) is 4. The molecule has 1 aromatic heterocycles. The monoisotopic (exact) mass is 408 g/mol. The number of carbonyl (C=O) groups excluding carboxylic acids is 2. The molecule has 0 spiro atoms. The van der Waals surface area contributed by atoms with Crippen LogP contribution in [0.5, 0.6) is 0 Å². The highest BCUT2D eigenvalue weighted by Gasteiger charge is 2.18. The lowest BCUT2D eigenvalue weighted by Gasteiger charge is -2.17. The SMILES string of the molecule is CC[C@H](C)n1c(=O)c2ccccc2n(CC(=O)Nc2cccc(NC(C)=O)c2)c1=O. The minimum Gasteiger partial charge on any atom is -0.326 e. The van der Waals surface area contributed by atoms with E-state index in [-0.39, 0.29) is 24.1 Å². The molecule has 3 rings (SSSR count). The Hall–Kier alpha value is -3.68. The molecule has 0 aliphatic carbocycles. The lowest BCUT2D eigenvalue weighted by Crippen LogP contribution is -2.43. The van der Waals surface area contributed by atoms with Crippen molar-refractivity contribution >= 4 is 34.1 Å². The van der Waals surface area contributed by atoms with Crippen molar-refractivity contribution in [2.24, 2.45) is 0 Å². The normalized spacial score (nSPS) is 11.8. The van der Waals surface area contributed by atoms with E-state index in [2.05, 4.69) is 10.6 Å². The summed E-state index contributed by atoms with van der Waals surface area (Å²) in [5.74, 6) is -0.639. The smallest absolute Gasteiger partial charge is 0.326 e. The number of aromatic nitrogens is 2. The van der Waals surface area contributed by atoms with Crippen LogP contribution in [-0.4, -0.2) is 20.9 Å². The van der Waals surface area contributed by atoms with Crippen molar-refractivity contribution in [1.82, 2.24) is 9.13 Å². The van der Waals surface area contributed by atoms with Crippen molar-refractivity contribution in [3.63, 3.8) is 0 Å². The van der Waals surface area contributed by atoms with E-state index in [1.807, 2.05) is 6.92 Å². The number of amides is 2. The minimum atomic E-state index is -0.518. The van der Waals surface area contributed by atoms with Crippen LogP contribution < -0.4 is 21.9 Å². The zero-order chi connectivity index (χ0) is 21.8. The number of benzene rings is 2. The third-order valence-corrected chi connectivity index (χ3v) is 4.88. The number of para-hydroxylation sites is 1. The maximum Gasteiger partial charge on any atom is 0.332 e. The summed E-state index contributed by atoms with van der Waals surface area (Å²) in [6.07, 6.45) is 0.607. The van der Waals surface area contributed by atoms with Gasteiger partial charge in [0.05, 0.1) is 10.9 Å². The summed E-state index contributed by atoms with van der Waals surface area (Å²) in [5, 5.41) is 5.77. The third kappa shape index (κ3) is 4.32. The Morgan fingerprint density at radius 1 is 1.00 bits per heavy atom. The first-order valence-electron chi connectivity index (χ1n) is 9.73. The Morgan fingerprint density at radius 3 is 2.33 bits per heavy atom. The Morgan fingerprint density at radius 2 is 1.67 bits per heavy atom. The van der Waals surface area contributed by atoms with E-state index in [0.717, 1.165) is 0 Å². The van der Waals surface area contributed by atoms with Gasteiger partial charge in [-0.3, -0.25) is 23.5 Å². The molecule has 0 saturated heterocycles. The van der Waals surface area contributed by atoms with Crippen molar-refractivity contribution < 1.29 is 9.59 Å². The van der Waals surface area contributed by atoms with Gasteiger partial charge >= 0.3 is 5.69 Å². The fourth-order valence-electron chi connectivity index (χ4n) is 3.29. The molecule has 0 aliphatic rings. The van der Waals surface area contributed by atoms with Gasteiger partial charge in [-0.2, -0.15) is 0 Å². The molecular weight excluding hydrogens is 384 g/mol. The predicted octanol–water partition coefficient (Wildman–Crippen LogP) is 2.73. The molecule has 1 atom stereocenters. The number of anilines is 2. The highest BCUT2D eigenvalue weighted by atomic mass is 16.2. The number of hydrogen-bond donors (Lipinski definition) is 2. The fourth-order valence-corrected chi connectivity index (χ4v) is 3.29. The van der Waals surface area contributed by atoms with Crippen LogP contribution in [0.25, 0.3) is 10.9 Å². The standard InChI is InChI=1S/C22H24N4O4/c1-4-14(2)26-21(29)18-10-5-6-11-19(18)25(22(26)30)13-20(28)24-17-9-7-8-16(12-17)23-15(3)27/h5-12,14H,4,13H2,1-3H3,(H,23,27)(H,24,28)/t14-/m0/s1. The van der Waals surface area contributed by atoms with E-state index in [1.165, 1.54) is 16.1 Å². The van der Waals surface area contributed by atoms with E-state index in [4.69, 9.17) is 0 Å². The number of fused-ring (bicyclic) bond motifs is 1. The first-order chi connectivity index (χ1) is 14.3. The second kappa shape index (κ2) is 8.77. The number of nitrogens with zero attached hydrogens (tertiary/aromatic N) is 2. The van der Waals surface area contributed by atoms with Crippen LogP contribution in [-0.2, 0) is 16.1 Å². The molecule has 8 nitrogen and oxygen atoms in total. The summed E-state index contributed by atoms with van der Waals surface area (Å²) in [6, 6.07) is 13.2. The summed E-state index contributed by atoms with van der Waals surface area (Å²) in [6.45, 7) is 4.84. The van der Waals surface area contributed by atoms with Crippen molar-refractivity contribution in [3.8, 4) is 0 Å². The van der Waals surface area contributed by atoms with Gasteiger partial charge in [0.1, 0.15) is 6.54 Å². The van der Waals surface area contributed by atoms with E-state index >= 15 is 0 Å². The Kier molecular flexibility index (Phi) is 6.15. The van der Waals surface area contributed by atoms with Gasteiger partial charge in [-0.05, 0) is 43.7 Å². The molecule has 0 fully saturated rings. The molecule has 156 valence electrons. The van der Waals surface area contributed by atoms with Crippen molar-refractivity contribution in [3.05, 3.63) is 69.4 Å². The largest absolute Gasteiger partial charge is 0.332 e. The van der Waals surface area contributed by atoms with Gasteiger partial charge in [0.25, 0.3) is 5.56 Å². The Bertz CT molecular complexity index is 1230. The van der Waals surface area contributed by atoms with Gasteiger partial charge in [0, 0.05) is 24.3 Å². The molecule has 0 saturated carbocycles. The minimum absolute atomic E-state index is 0.219. The average molecular weight is 408 g/mol. The first-order valence-corrected chi connectivity index (χ1v) is 9.73. The molecule has 0 bridgehead atoms. The molecule has 3 aromatic rings. The highest BCUT2D eigenvalue weighted by molar-refractivity contribution is 5.93. The second-order valence-corrected chi connectivity index (χ2v) is 7.13. The fraction of sp³-hybridized carbons (Fsp3) is 0.273. The maximum atomic E-state index is 13.1. The Labute approximate surface area is 173 Å². The summed E-state index contributed by atoms with van der Waals surface area (Å²) in [4.78, 5) is 49.8. The average Bonchev–Trinajstić information content (AvgIpc) is 2.70. The van der Waals surface area contributed by atoms with Crippen molar-refractivity contribution in [2.75, 3.05) is 10.6 Å². The van der Waals surface area contributed by atoms with Crippen LogP contribution in [0.1, 0.15) is 33.2 Å². The molecule has 2 aromatic carbocycles. The molecule has 2 amide bonds. The molecular formula is C22H24N4O4. The zero-order valence-electron chi connectivity index (χ0n) is 17.1. The zero-order valence-corrected chi connectivity index (χ0v) is 17.1. The third-order valence-electron chi connectivity index (χ3n) is 4.88. The van der Waals surface area contributed by atoms with Gasteiger partial charge in [-0.25, -0.2) is 4.79 Å². The highest BCUT2D eigenvalue weighted by Crippen LogP contribution is 2.16. The molecule has 1 heterocycles. The molecule has 0 aliphatic heterocycles. The van der Waals surface area contributed by atoms with Gasteiger partial charge in [-0.15, -0.1) is 0 Å². The van der Waals surface area contributed by atoms with E-state index in [1.54, 1.807) is 55.5 Å². The summed E-state index contributed by atoms with van der Waals surface area (Å²) in [5.41, 5.74) is 0.570. The lowest BCUT2D eigenvalue weighted by molar-refractivity contribution is -0.117. The van der Waals surface area contributed by atoms with Crippen LogP contribution in [0.2, 0.25) is 0 Å². The van der Waals surface area contributed by atoms with Gasteiger partial charge < -0.3 is 10.6 Å². The summed E-state index contributed by atoms with van der Waals surface area (Å²) in [7, 11) is 0. The molecule has 2 N–H and O–H groups in total. The van der Waals surface area contributed by atoms with Gasteiger partial charge in [0.2, 0.25) is 11.8 Å². The lowest BCUT2D eigenvalue weighted by atomic mass is 10.2. The molecule has 30 heavy (non-hydrogen) atoms. The number of rotatable bonds is 6. The molecule has 0 unspecified atom stereocenters. The van der Waals surface area contributed by atoms with Crippen LogP contribution in [0.15, 0.2) is 58.1 Å². The summed E-state index contributed by atoms with van der Waals surface area (Å²) < 4.78 is 2.52. The van der Waals surface area contributed by atoms with E-state index in [9.17, 15) is 19.2 Å². The number of carbonyl (C=O) groups is 2. The van der Waals surface area contributed by atoms with Gasteiger partial charge in [-0.1, -0.05) is 25.1 Å². The van der Waals surface area contributed by atoms with E-state index < -0.39 is 11.6 Å². The van der Waals surface area contributed by atoms with Crippen molar-refractivity contribution in [2.45, 2.75) is 39.8 Å². The van der Waals surface area contributed by atoms with Gasteiger partial charge in [0.15, 0.2) is 0 Å². The maximum absolute atomic E-state index is 13.1. The predicted molar refractivity (Wildman–Crippen MR) is 117 cm³/mol. The van der Waals surface area contributed by atoms with Crippen LogP contribution in [0, 0.1) is 0 Å². The van der Waals surface area contributed by atoms with Crippen LogP contribution in [0.4, 0.5) is 11.4 Å². The molecule has 8 heteroatoms. The topological polar surface area (TPSA) is 102 Å². The Balaban J connectivity index is 1.97. The van der Waals surface area contributed by atoms with Crippen LogP contribution in [0.3, 0.4) is 0 Å². The van der Waals surface area contributed by atoms with Crippen molar-refractivity contribution in [1.29, 1.82) is 0 Å². The quantitative estimate of drug-likeness (QED) is 0.655. The first kappa shape index (κ1) is 21.0. The van der Waals surface area contributed by atoms with Crippen LogP contribution >= 0.6 is 0 Å². The summed E-state index contributed by atoms with van der Waals surface area (Å²) >= 11 is 0. The number of nitrogens with one attached hydrogen (secondary N) is 2. The van der Waals surface area contributed by atoms with E-state index in [0.29, 0.717) is 28.7 Å². The molecule has 0 radical (unpaired) electrons.